The standard InChI is InChI=1S/C26H26N4O2S/c1-18-7-10-22(16-24(18)30-14-3-4-15-30)25(32)29-26-28-23(17-33-26)21-11-8-20(9-12-21)6-5-13-27-19(2)31/h3-4,7-12,14-17H,5-6,13H2,1-2H3,(H,27,31)(H,28,29,32). The van der Waals surface area contributed by atoms with Crippen molar-refractivity contribution in [3.05, 3.63) is 89.1 Å². The Morgan fingerprint density at radius 3 is 2.55 bits per heavy atom. The van der Waals surface area contributed by atoms with Gasteiger partial charge < -0.3 is 9.88 Å². The van der Waals surface area contributed by atoms with E-state index in [0.29, 0.717) is 17.2 Å². The van der Waals surface area contributed by atoms with E-state index in [1.807, 2.05) is 71.7 Å². The van der Waals surface area contributed by atoms with E-state index in [1.54, 1.807) is 0 Å². The predicted molar refractivity (Wildman–Crippen MR) is 133 cm³/mol. The summed E-state index contributed by atoms with van der Waals surface area (Å²) >= 11 is 1.41. The summed E-state index contributed by atoms with van der Waals surface area (Å²) in [7, 11) is 0. The number of hydrogen-bond acceptors (Lipinski definition) is 4. The van der Waals surface area contributed by atoms with Crippen molar-refractivity contribution in [3.8, 4) is 16.9 Å². The lowest BCUT2D eigenvalue weighted by Crippen LogP contribution is -2.21. The molecule has 2 heterocycles. The average molecular weight is 459 g/mol. The lowest BCUT2D eigenvalue weighted by Gasteiger charge is -2.10. The van der Waals surface area contributed by atoms with Gasteiger partial charge in [-0.3, -0.25) is 14.9 Å². The molecule has 0 unspecified atom stereocenters. The Balaban J connectivity index is 1.39. The fraction of sp³-hybridized carbons (Fsp3) is 0.192. The van der Waals surface area contributed by atoms with E-state index in [2.05, 4.69) is 27.8 Å². The van der Waals surface area contributed by atoms with Crippen LogP contribution in [0.4, 0.5) is 5.13 Å². The van der Waals surface area contributed by atoms with Gasteiger partial charge in [0.1, 0.15) is 0 Å². The third-order valence-corrected chi connectivity index (χ3v) is 6.10. The molecule has 2 aromatic carbocycles. The van der Waals surface area contributed by atoms with Crippen LogP contribution < -0.4 is 10.6 Å². The Kier molecular flexibility index (Phi) is 7.00. The summed E-state index contributed by atoms with van der Waals surface area (Å²) in [5.74, 6) is -0.181. The molecule has 168 valence electrons. The van der Waals surface area contributed by atoms with Gasteiger partial charge in [0.2, 0.25) is 5.91 Å². The number of benzene rings is 2. The van der Waals surface area contributed by atoms with Gasteiger partial charge in [-0.25, -0.2) is 4.98 Å². The quantitative estimate of drug-likeness (QED) is 0.355. The molecule has 0 fully saturated rings. The van der Waals surface area contributed by atoms with E-state index in [4.69, 9.17) is 0 Å². The second-order valence-electron chi connectivity index (χ2n) is 7.87. The molecule has 4 aromatic rings. The lowest BCUT2D eigenvalue weighted by molar-refractivity contribution is -0.118. The first-order chi connectivity index (χ1) is 16.0. The molecule has 6 nitrogen and oxygen atoms in total. The molecule has 0 aliphatic carbocycles. The molecular formula is C26H26N4O2S. The molecule has 0 aliphatic rings. The molecule has 2 amide bonds. The number of nitrogens with one attached hydrogen (secondary N) is 2. The van der Waals surface area contributed by atoms with Crippen molar-refractivity contribution in [3.63, 3.8) is 0 Å². The molecule has 33 heavy (non-hydrogen) atoms. The van der Waals surface area contributed by atoms with E-state index in [9.17, 15) is 9.59 Å². The molecule has 0 spiro atoms. The first kappa shape index (κ1) is 22.5. The Labute approximate surface area is 197 Å². The molecule has 0 bridgehead atoms. The first-order valence-corrected chi connectivity index (χ1v) is 11.7. The molecule has 0 saturated carbocycles. The number of aryl methyl sites for hydroxylation is 2. The normalized spacial score (nSPS) is 10.7. The van der Waals surface area contributed by atoms with Crippen LogP contribution in [0.5, 0.6) is 0 Å². The zero-order valence-corrected chi connectivity index (χ0v) is 19.5. The van der Waals surface area contributed by atoms with Crippen LogP contribution in [-0.4, -0.2) is 27.9 Å². The summed E-state index contributed by atoms with van der Waals surface area (Å²) in [6, 6.07) is 17.8. The van der Waals surface area contributed by atoms with Gasteiger partial charge in [-0.15, -0.1) is 11.3 Å². The van der Waals surface area contributed by atoms with E-state index >= 15 is 0 Å². The Morgan fingerprint density at radius 2 is 1.82 bits per heavy atom. The fourth-order valence-corrected chi connectivity index (χ4v) is 4.27. The first-order valence-electron chi connectivity index (χ1n) is 10.8. The van der Waals surface area contributed by atoms with Gasteiger partial charge in [-0.05, 0) is 55.2 Å². The lowest BCUT2D eigenvalue weighted by atomic mass is 10.1. The summed E-state index contributed by atoms with van der Waals surface area (Å²) in [5, 5.41) is 8.25. The van der Waals surface area contributed by atoms with Gasteiger partial charge in [-0.1, -0.05) is 30.3 Å². The highest BCUT2D eigenvalue weighted by molar-refractivity contribution is 7.14. The fourth-order valence-electron chi connectivity index (χ4n) is 3.56. The van der Waals surface area contributed by atoms with Crippen LogP contribution in [0.3, 0.4) is 0 Å². The van der Waals surface area contributed by atoms with Crippen LogP contribution in [0.2, 0.25) is 0 Å². The van der Waals surface area contributed by atoms with E-state index in [-0.39, 0.29) is 11.8 Å². The number of anilines is 1. The topological polar surface area (TPSA) is 76.0 Å². The molecule has 0 aliphatic heterocycles. The van der Waals surface area contributed by atoms with Crippen molar-refractivity contribution < 1.29 is 9.59 Å². The van der Waals surface area contributed by atoms with Crippen molar-refractivity contribution in [1.29, 1.82) is 0 Å². The molecule has 4 rings (SSSR count). The number of amides is 2. The van der Waals surface area contributed by atoms with Crippen LogP contribution >= 0.6 is 11.3 Å². The minimum Gasteiger partial charge on any atom is -0.356 e. The predicted octanol–water partition coefficient (Wildman–Crippen LogP) is 5.23. The van der Waals surface area contributed by atoms with Crippen LogP contribution in [-0.2, 0) is 11.2 Å². The molecule has 7 heteroatoms. The van der Waals surface area contributed by atoms with Crippen molar-refractivity contribution in [1.82, 2.24) is 14.9 Å². The average Bonchev–Trinajstić information content (AvgIpc) is 3.50. The van der Waals surface area contributed by atoms with Crippen LogP contribution in [0.1, 0.15) is 34.8 Å². The second kappa shape index (κ2) is 10.3. The highest BCUT2D eigenvalue weighted by Crippen LogP contribution is 2.26. The summed E-state index contributed by atoms with van der Waals surface area (Å²) in [4.78, 5) is 28.4. The minimum atomic E-state index is -0.182. The van der Waals surface area contributed by atoms with Gasteiger partial charge in [0.25, 0.3) is 5.91 Å². The van der Waals surface area contributed by atoms with E-state index < -0.39 is 0 Å². The second-order valence-corrected chi connectivity index (χ2v) is 8.73. The maximum Gasteiger partial charge on any atom is 0.257 e. The van der Waals surface area contributed by atoms with Gasteiger partial charge in [0.15, 0.2) is 5.13 Å². The minimum absolute atomic E-state index is 0.000457. The van der Waals surface area contributed by atoms with Crippen LogP contribution in [0.15, 0.2) is 72.4 Å². The summed E-state index contributed by atoms with van der Waals surface area (Å²) in [6.07, 6.45) is 5.73. The van der Waals surface area contributed by atoms with Crippen LogP contribution in [0.25, 0.3) is 16.9 Å². The number of carbonyl (C=O) groups is 2. The maximum atomic E-state index is 12.8. The molecule has 0 radical (unpaired) electrons. The highest BCUT2D eigenvalue weighted by Gasteiger charge is 2.12. The Hall–Kier alpha value is -3.71. The monoisotopic (exact) mass is 458 g/mol. The maximum absolute atomic E-state index is 12.8. The summed E-state index contributed by atoms with van der Waals surface area (Å²) in [6.45, 7) is 4.24. The van der Waals surface area contributed by atoms with Gasteiger partial charge >= 0.3 is 0 Å². The zero-order valence-electron chi connectivity index (χ0n) is 18.7. The third kappa shape index (κ3) is 5.75. The smallest absolute Gasteiger partial charge is 0.257 e. The van der Waals surface area contributed by atoms with Crippen molar-refractivity contribution >= 4 is 28.3 Å². The van der Waals surface area contributed by atoms with E-state index in [0.717, 1.165) is 35.3 Å². The number of hydrogen-bond donors (Lipinski definition) is 2. The molecule has 0 atom stereocenters. The summed E-state index contributed by atoms with van der Waals surface area (Å²) in [5.41, 5.74) is 5.71. The van der Waals surface area contributed by atoms with Gasteiger partial charge in [0, 0.05) is 48.1 Å². The van der Waals surface area contributed by atoms with Gasteiger partial charge in [-0.2, -0.15) is 0 Å². The van der Waals surface area contributed by atoms with Crippen molar-refractivity contribution in [2.75, 3.05) is 11.9 Å². The zero-order chi connectivity index (χ0) is 23.2. The van der Waals surface area contributed by atoms with Crippen LogP contribution in [0, 0.1) is 6.92 Å². The number of nitrogens with zero attached hydrogens (tertiary/aromatic N) is 2. The Morgan fingerprint density at radius 1 is 1.06 bits per heavy atom. The molecular weight excluding hydrogens is 432 g/mol. The molecule has 2 aromatic heterocycles. The number of carbonyl (C=O) groups excluding carboxylic acids is 2. The number of rotatable bonds is 8. The summed E-state index contributed by atoms with van der Waals surface area (Å²) < 4.78 is 2.00. The van der Waals surface area contributed by atoms with E-state index in [1.165, 1.54) is 23.8 Å². The highest BCUT2D eigenvalue weighted by atomic mass is 32.1. The third-order valence-electron chi connectivity index (χ3n) is 5.34. The SMILES string of the molecule is CC(=O)NCCCc1ccc(-c2csc(NC(=O)c3ccc(C)c(-n4cccc4)c3)n2)cc1. The Bertz CT molecular complexity index is 1240. The number of aromatic nitrogens is 2. The van der Waals surface area contributed by atoms with Crippen molar-refractivity contribution in [2.45, 2.75) is 26.7 Å². The van der Waals surface area contributed by atoms with Gasteiger partial charge in [0.05, 0.1) is 5.69 Å². The molecule has 0 saturated heterocycles. The molecule has 2 N–H and O–H groups in total. The largest absolute Gasteiger partial charge is 0.356 e. The van der Waals surface area contributed by atoms with Crippen molar-refractivity contribution in [2.24, 2.45) is 0 Å². The number of thiazole rings is 1.